The third-order valence-electron chi connectivity index (χ3n) is 11.3. The molecular formula is C51H54F2N6O9S2. The van der Waals surface area contributed by atoms with Crippen LogP contribution in [0.1, 0.15) is 110 Å². The highest BCUT2D eigenvalue weighted by atomic mass is 32.2. The number of aryl methyl sites for hydroxylation is 2. The monoisotopic (exact) mass is 996 g/mol. The summed E-state index contributed by atoms with van der Waals surface area (Å²) < 4.78 is 83.9. The number of hydrogen-bond donors (Lipinski definition) is 1. The lowest BCUT2D eigenvalue weighted by Gasteiger charge is -2.23. The Hall–Kier alpha value is -6.99. The van der Waals surface area contributed by atoms with Crippen molar-refractivity contribution in [3.63, 3.8) is 0 Å². The molecule has 1 aliphatic heterocycles. The summed E-state index contributed by atoms with van der Waals surface area (Å²) in [7, 11) is -3.63. The van der Waals surface area contributed by atoms with Crippen molar-refractivity contribution < 1.29 is 39.9 Å². The van der Waals surface area contributed by atoms with Gasteiger partial charge in [0.15, 0.2) is 25.5 Å². The number of fused-ring (bicyclic) bond motifs is 3. The fourth-order valence-corrected chi connectivity index (χ4v) is 9.31. The molecule has 6 aromatic rings. The minimum absolute atomic E-state index is 0.0484. The Morgan fingerprint density at radius 3 is 1.79 bits per heavy atom. The molecule has 368 valence electrons. The highest BCUT2D eigenvalue weighted by Crippen LogP contribution is 2.37. The Morgan fingerprint density at radius 2 is 1.23 bits per heavy atom. The van der Waals surface area contributed by atoms with Gasteiger partial charge in [0, 0.05) is 82.2 Å². The van der Waals surface area contributed by atoms with Crippen LogP contribution in [0.15, 0.2) is 112 Å². The van der Waals surface area contributed by atoms with E-state index in [0.717, 1.165) is 27.9 Å². The van der Waals surface area contributed by atoms with Gasteiger partial charge in [-0.3, -0.25) is 19.4 Å². The van der Waals surface area contributed by atoms with Crippen molar-refractivity contribution in [2.24, 2.45) is 19.1 Å². The van der Waals surface area contributed by atoms with Gasteiger partial charge in [-0.15, -0.1) is 0 Å². The van der Waals surface area contributed by atoms with Gasteiger partial charge in [-0.1, -0.05) is 38.1 Å². The molecule has 0 bridgehead atoms. The molecule has 7 rings (SSSR count). The first kappa shape index (κ1) is 52.4. The maximum absolute atomic E-state index is 13.5. The molecule has 2 unspecified atom stereocenters. The van der Waals surface area contributed by atoms with E-state index in [9.17, 15) is 44.8 Å². The molecule has 1 N–H and O–H groups in total. The minimum Gasteiger partial charge on any atom is -0.444 e. The molecule has 3 heterocycles. The molecule has 0 radical (unpaired) electrons. The van der Waals surface area contributed by atoms with Crippen molar-refractivity contribution in [2.75, 3.05) is 11.5 Å². The van der Waals surface area contributed by atoms with Gasteiger partial charge in [0.05, 0.1) is 40.7 Å². The molecule has 19 heteroatoms. The van der Waals surface area contributed by atoms with Crippen LogP contribution < -0.4 is 16.4 Å². The average molecular weight is 997 g/mol. The smallest absolute Gasteiger partial charge is 0.408 e. The van der Waals surface area contributed by atoms with E-state index in [1.54, 1.807) is 78.9 Å². The Morgan fingerprint density at radius 1 is 0.714 bits per heavy atom. The molecule has 4 aromatic carbocycles. The van der Waals surface area contributed by atoms with E-state index >= 15 is 0 Å². The number of ether oxygens (including phenoxy) is 1. The zero-order valence-corrected chi connectivity index (χ0v) is 41.8. The molecule has 0 saturated carbocycles. The number of carbonyl (C=O) groups is 2. The predicted octanol–water partition coefficient (Wildman–Crippen LogP) is 7.77. The molecule has 0 spiro atoms. The molecule has 0 aliphatic carbocycles. The van der Waals surface area contributed by atoms with E-state index in [2.05, 4.69) is 15.5 Å². The van der Waals surface area contributed by atoms with E-state index in [-0.39, 0.29) is 62.8 Å². The zero-order chi connectivity index (χ0) is 51.5. The van der Waals surface area contributed by atoms with Crippen LogP contribution in [-0.2, 0) is 50.0 Å². The van der Waals surface area contributed by atoms with Crippen molar-refractivity contribution >= 4 is 37.3 Å². The lowest BCUT2D eigenvalue weighted by atomic mass is 9.92. The predicted molar refractivity (Wildman–Crippen MR) is 264 cm³/mol. The van der Waals surface area contributed by atoms with Gasteiger partial charge in [0.25, 0.3) is 11.1 Å². The second-order valence-corrected chi connectivity index (χ2v) is 22.5. The maximum atomic E-state index is 13.5. The van der Waals surface area contributed by atoms with Crippen LogP contribution >= 0.6 is 0 Å². The molecule has 0 saturated heterocycles. The summed E-state index contributed by atoms with van der Waals surface area (Å²) in [6, 6.07) is 22.7. The molecule has 1 aliphatic rings. The number of halogens is 2. The number of nitrogens with one attached hydrogen (secondary N) is 1. The Kier molecular flexibility index (Phi) is 15.7. The number of hydrogen-bond acceptors (Lipinski definition) is 12. The van der Waals surface area contributed by atoms with Crippen molar-refractivity contribution in [2.45, 2.75) is 77.7 Å². The summed E-state index contributed by atoms with van der Waals surface area (Å²) in [5.41, 5.74) is 4.77. The second kappa shape index (κ2) is 20.9. The van der Waals surface area contributed by atoms with Gasteiger partial charge in [-0.25, -0.2) is 39.8 Å². The third kappa shape index (κ3) is 12.6. The third-order valence-corrected chi connectivity index (χ3v) is 14.6. The molecular weight excluding hydrogens is 943 g/mol. The quantitative estimate of drug-likeness (QED) is 0.117. The summed E-state index contributed by atoms with van der Waals surface area (Å²) in [6.07, 6.45) is -0.716. The Bertz CT molecular complexity index is 3370. The zero-order valence-electron chi connectivity index (χ0n) is 40.2. The Balaban J connectivity index is 0.000000235. The van der Waals surface area contributed by atoms with Crippen molar-refractivity contribution in [3.05, 3.63) is 174 Å². The number of carbonyl (C=O) groups excluding carboxylic acids is 2. The molecule has 1 amide bonds. The molecule has 2 atom stereocenters. The van der Waals surface area contributed by atoms with Gasteiger partial charge >= 0.3 is 6.09 Å². The van der Waals surface area contributed by atoms with Crippen LogP contribution in [-0.4, -0.2) is 71.1 Å². The van der Waals surface area contributed by atoms with Crippen LogP contribution in [0.3, 0.4) is 0 Å². The van der Waals surface area contributed by atoms with Gasteiger partial charge in [-0.05, 0) is 106 Å². The highest BCUT2D eigenvalue weighted by molar-refractivity contribution is 7.90. The molecule has 0 fully saturated rings. The lowest BCUT2D eigenvalue weighted by molar-refractivity contribution is 0.0507. The van der Waals surface area contributed by atoms with Gasteiger partial charge in [0.1, 0.15) is 17.2 Å². The number of aliphatic imine (C=N–C) groups is 1. The second-order valence-electron chi connectivity index (χ2n) is 17.8. The maximum Gasteiger partial charge on any atom is 0.408 e. The summed E-state index contributed by atoms with van der Waals surface area (Å²) in [5.74, 6) is -1.68. The number of ketones is 1. The van der Waals surface area contributed by atoms with Crippen LogP contribution in [0.2, 0.25) is 0 Å². The normalized spacial score (nSPS) is 13.9. The van der Waals surface area contributed by atoms with E-state index in [0.29, 0.717) is 39.2 Å². The van der Waals surface area contributed by atoms with E-state index in [1.165, 1.54) is 60.3 Å². The topological polar surface area (TPSA) is 206 Å². The fourth-order valence-electron chi connectivity index (χ4n) is 7.53. The van der Waals surface area contributed by atoms with Crippen molar-refractivity contribution in [1.82, 2.24) is 24.9 Å². The number of benzene rings is 4. The van der Waals surface area contributed by atoms with Crippen LogP contribution in [0.4, 0.5) is 13.6 Å². The average Bonchev–Trinajstić information content (AvgIpc) is 3.40. The van der Waals surface area contributed by atoms with Gasteiger partial charge < -0.3 is 10.1 Å². The number of aromatic nitrogens is 4. The highest BCUT2D eigenvalue weighted by Gasteiger charge is 2.28. The first-order chi connectivity index (χ1) is 32.8. The Labute approximate surface area is 405 Å². The lowest BCUT2D eigenvalue weighted by Crippen LogP contribution is -2.35. The molecule has 2 aromatic heterocycles. The summed E-state index contributed by atoms with van der Waals surface area (Å²) in [4.78, 5) is 55.7. The largest absolute Gasteiger partial charge is 0.444 e. The molecule has 70 heavy (non-hydrogen) atoms. The number of sulfone groups is 2. The number of nitrogens with zero attached hydrogens (tertiary/aromatic N) is 5. The summed E-state index contributed by atoms with van der Waals surface area (Å²) in [5, 5.41) is 11.6. The number of rotatable bonds is 12. The number of alkyl carbamates (subject to hydrolysis) is 1. The van der Waals surface area contributed by atoms with Crippen molar-refractivity contribution in [3.8, 4) is 22.5 Å². The van der Waals surface area contributed by atoms with Gasteiger partial charge in [-0.2, -0.15) is 10.2 Å². The SMILES string of the molecule is CCS(=O)(=O)Cc1ccc(C(=O)c2ccc(F)cc2)c(-c2nn(C)c(=O)cc2C(C)NC(=O)OC(C)(C)C)c1.CCS(=O)(=O)Cc1ccc2c(c1)-c1nn(C)c(=O)cc1C(C)N=C2c1ccc(F)cc1. The molecule has 15 nitrogen and oxygen atoms in total. The van der Waals surface area contributed by atoms with Crippen LogP contribution in [0, 0.1) is 11.6 Å². The van der Waals surface area contributed by atoms with Gasteiger partial charge in [0.2, 0.25) is 0 Å². The standard InChI is InChI=1S/C28H32FN3O6S.C23H22FN3O3S/c1-7-39(36,37)16-18-8-13-21(26(34)19-9-11-20(29)12-10-19)23(14-18)25-22(15-24(33)32(6)31-25)17(2)30-27(35)38-28(3,4)5;1-4-31(29,30)13-15-5-10-18-20(11-15)23-19(12-21(28)27(3)26-23)14(2)25-22(18)16-6-8-17(24)9-7-16/h8-15,17H,7,16H2,1-6H3,(H,30,35);5-12,14H,4,13H2,1-3H3. The number of amides is 1. The van der Waals surface area contributed by atoms with E-state index < -0.39 is 54.6 Å². The summed E-state index contributed by atoms with van der Waals surface area (Å²) in [6.45, 7) is 11.8. The van der Waals surface area contributed by atoms with E-state index in [1.807, 2.05) is 13.0 Å². The van der Waals surface area contributed by atoms with E-state index in [4.69, 9.17) is 9.73 Å². The minimum atomic E-state index is -3.41. The first-order valence-corrected chi connectivity index (χ1v) is 25.9. The van der Waals surface area contributed by atoms with Crippen molar-refractivity contribution in [1.29, 1.82) is 0 Å². The summed E-state index contributed by atoms with van der Waals surface area (Å²) >= 11 is 0. The first-order valence-electron chi connectivity index (χ1n) is 22.3. The fraction of sp³-hybridized carbons (Fsp3) is 0.314. The van der Waals surface area contributed by atoms with Crippen LogP contribution in [0.25, 0.3) is 22.5 Å². The van der Waals surface area contributed by atoms with Crippen LogP contribution in [0.5, 0.6) is 0 Å².